The van der Waals surface area contributed by atoms with E-state index in [0.29, 0.717) is 23.6 Å². The monoisotopic (exact) mass is 698 g/mol. The van der Waals surface area contributed by atoms with Crippen LogP contribution in [-0.2, 0) is 16.1 Å². The first-order chi connectivity index (χ1) is 24.7. The van der Waals surface area contributed by atoms with Crippen molar-refractivity contribution in [3.8, 4) is 0 Å². The van der Waals surface area contributed by atoms with Gasteiger partial charge >= 0.3 is 5.97 Å². The fraction of sp³-hybridized carbons (Fsp3) is 0.575. The molecule has 1 amide bonds. The Morgan fingerprint density at radius 3 is 2.67 bits per heavy atom. The van der Waals surface area contributed by atoms with E-state index >= 15 is 0 Å². The first kappa shape index (κ1) is 38.1. The molecule has 3 aromatic rings. The van der Waals surface area contributed by atoms with Gasteiger partial charge < -0.3 is 35.6 Å². The number of fused-ring (bicyclic) bond motifs is 1. The number of ether oxygens (including phenoxy) is 1. The molecule has 0 radical (unpaired) electrons. The van der Waals surface area contributed by atoms with Crippen LogP contribution < -0.4 is 15.5 Å². The fourth-order valence-electron chi connectivity index (χ4n) is 7.47. The molecule has 0 aromatic carbocycles. The molecule has 1 aliphatic heterocycles. The molecule has 51 heavy (non-hydrogen) atoms. The van der Waals surface area contributed by atoms with Gasteiger partial charge in [0.05, 0.1) is 12.6 Å². The third-order valence-corrected chi connectivity index (χ3v) is 10.5. The Morgan fingerprint density at radius 2 is 1.90 bits per heavy atom. The Morgan fingerprint density at radius 1 is 1.10 bits per heavy atom. The molecule has 4 heterocycles. The number of hydrogen-bond acceptors (Lipinski definition) is 9. The number of esters is 1. The zero-order valence-electron chi connectivity index (χ0n) is 31.1. The quantitative estimate of drug-likeness (QED) is 0.0626. The van der Waals surface area contributed by atoms with E-state index in [1.807, 2.05) is 37.4 Å². The largest absolute Gasteiger partial charge is 0.464 e. The van der Waals surface area contributed by atoms with Crippen molar-refractivity contribution in [3.63, 3.8) is 0 Å². The van der Waals surface area contributed by atoms with Crippen molar-refractivity contribution >= 4 is 40.1 Å². The van der Waals surface area contributed by atoms with Gasteiger partial charge in [-0.3, -0.25) is 4.79 Å². The topological polar surface area (TPSA) is 139 Å². The van der Waals surface area contributed by atoms with Crippen LogP contribution in [0.15, 0.2) is 48.2 Å². The Labute approximate surface area is 303 Å². The lowest BCUT2D eigenvalue weighted by Gasteiger charge is -2.33. The van der Waals surface area contributed by atoms with Crippen LogP contribution >= 0.6 is 0 Å². The van der Waals surface area contributed by atoms with Gasteiger partial charge in [-0.1, -0.05) is 51.2 Å². The van der Waals surface area contributed by atoms with Crippen molar-refractivity contribution in [2.45, 2.75) is 97.1 Å². The molecule has 276 valence electrons. The predicted molar refractivity (Wildman–Crippen MR) is 206 cm³/mol. The summed E-state index contributed by atoms with van der Waals surface area (Å²) >= 11 is 0. The van der Waals surface area contributed by atoms with Crippen LogP contribution in [0.1, 0.15) is 101 Å². The number of carbonyl (C=O) groups is 2. The van der Waals surface area contributed by atoms with E-state index < -0.39 is 5.97 Å². The van der Waals surface area contributed by atoms with Crippen LogP contribution in [-0.4, -0.2) is 83.8 Å². The summed E-state index contributed by atoms with van der Waals surface area (Å²) in [5.74, 6) is 1.72. The molecule has 4 N–H and O–H groups in total. The Hall–Kier alpha value is -4.09. The number of amides is 1. The van der Waals surface area contributed by atoms with E-state index in [0.717, 1.165) is 98.7 Å². The summed E-state index contributed by atoms with van der Waals surface area (Å²) in [6.07, 6.45) is 15.9. The third-order valence-electron chi connectivity index (χ3n) is 10.5. The molecule has 0 spiro atoms. The van der Waals surface area contributed by atoms with Crippen LogP contribution in [0.25, 0.3) is 10.9 Å². The van der Waals surface area contributed by atoms with Crippen LogP contribution in [0.4, 0.5) is 11.6 Å². The van der Waals surface area contributed by atoms with Crippen LogP contribution in [0.3, 0.4) is 0 Å². The average molecular weight is 699 g/mol. The normalized spacial score (nSPS) is 18.2. The van der Waals surface area contributed by atoms with Crippen LogP contribution in [0, 0.1) is 17.2 Å². The molecule has 2 atom stereocenters. The molecule has 5 rings (SSSR count). The second-order valence-electron chi connectivity index (χ2n) is 14.5. The average Bonchev–Trinajstić information content (AvgIpc) is 3.54. The third kappa shape index (κ3) is 11.0. The molecular weight excluding hydrogens is 640 g/mol. The number of H-pyrrole nitrogens is 1. The van der Waals surface area contributed by atoms with Crippen molar-refractivity contribution in [1.82, 2.24) is 25.2 Å². The minimum Gasteiger partial charge on any atom is -0.464 e. The van der Waals surface area contributed by atoms with Gasteiger partial charge in [-0.2, -0.15) is 0 Å². The highest BCUT2D eigenvalue weighted by atomic mass is 16.5. The van der Waals surface area contributed by atoms with Gasteiger partial charge in [0.1, 0.15) is 11.6 Å². The van der Waals surface area contributed by atoms with E-state index in [1.165, 1.54) is 39.2 Å². The molecule has 11 nitrogen and oxygen atoms in total. The summed E-state index contributed by atoms with van der Waals surface area (Å²) in [5.41, 5.74) is 3.89. The maximum Gasteiger partial charge on any atom is 0.356 e. The highest BCUT2D eigenvalue weighted by molar-refractivity contribution is 6.04. The number of nitrogens with one attached hydrogen (secondary N) is 4. The molecular formula is C40H58N8O3. The Balaban J connectivity index is 1.03. The number of carbonyl (C=O) groups excluding carboxylic acids is 2. The molecule has 0 saturated carbocycles. The number of aromatic amines is 1. The number of methoxy groups -OCH3 is 1. The number of aromatic nitrogens is 3. The van der Waals surface area contributed by atoms with Crippen molar-refractivity contribution < 1.29 is 14.3 Å². The fourth-order valence-corrected chi connectivity index (χ4v) is 7.47. The second-order valence-corrected chi connectivity index (χ2v) is 14.5. The van der Waals surface area contributed by atoms with Gasteiger partial charge in [0.25, 0.3) is 5.91 Å². The minimum atomic E-state index is -0.399. The second kappa shape index (κ2) is 18.9. The smallest absolute Gasteiger partial charge is 0.356 e. The standard InChI is InChI=1S/C40H58N8O3/c1-5-6-20-47(3)27-32-23-31-26-43-37(25-35(31)44-32)46-39(49)30-15-16-33(28(2)41)36(24-30)42-19-10-8-7-9-12-29-17-21-48(22-18-29)38-14-11-13-34(45-38)40(50)51-4/h11,13-14,23-26,29,33,36,41-42,44H,5-10,12,15-22,27H2,1-4H3,(H,43,46,49). The molecule has 11 heteroatoms. The number of unbranched alkanes of at least 4 members (excludes halogenated alkanes) is 4. The number of nitrogens with zero attached hydrogens (tertiary/aromatic N) is 4. The molecule has 3 aromatic heterocycles. The maximum atomic E-state index is 13.4. The predicted octanol–water partition coefficient (Wildman–Crippen LogP) is 7.12. The molecule has 2 unspecified atom stereocenters. The number of piperidine rings is 1. The minimum absolute atomic E-state index is 0.0175. The van der Waals surface area contributed by atoms with E-state index in [1.54, 1.807) is 6.07 Å². The zero-order chi connectivity index (χ0) is 36.2. The molecule has 1 saturated heterocycles. The highest BCUT2D eigenvalue weighted by Gasteiger charge is 2.28. The van der Waals surface area contributed by atoms with Gasteiger partial charge in [-0.15, -0.1) is 0 Å². The molecule has 2 aliphatic rings. The first-order valence-electron chi connectivity index (χ1n) is 19.0. The van der Waals surface area contributed by atoms with Crippen molar-refractivity contribution in [2.75, 3.05) is 50.6 Å². The first-order valence-corrected chi connectivity index (χ1v) is 19.0. The molecule has 0 bridgehead atoms. The van der Waals surface area contributed by atoms with E-state index in [2.05, 4.69) is 55.4 Å². The van der Waals surface area contributed by atoms with Crippen LogP contribution in [0.5, 0.6) is 0 Å². The van der Waals surface area contributed by atoms with Gasteiger partial charge in [0.2, 0.25) is 0 Å². The summed E-state index contributed by atoms with van der Waals surface area (Å²) in [7, 11) is 3.52. The number of rotatable bonds is 18. The number of anilines is 2. The van der Waals surface area contributed by atoms with Gasteiger partial charge in [0.15, 0.2) is 5.69 Å². The lowest BCUT2D eigenvalue weighted by atomic mass is 9.82. The Bertz CT molecular complexity index is 1640. The van der Waals surface area contributed by atoms with Crippen molar-refractivity contribution in [2.24, 2.45) is 11.8 Å². The lowest BCUT2D eigenvalue weighted by molar-refractivity contribution is -0.113. The number of pyridine rings is 2. The zero-order valence-corrected chi connectivity index (χ0v) is 31.1. The molecule has 1 aliphatic carbocycles. The highest BCUT2D eigenvalue weighted by Crippen LogP contribution is 2.28. The van der Waals surface area contributed by atoms with E-state index in [4.69, 9.17) is 10.1 Å². The van der Waals surface area contributed by atoms with Crippen molar-refractivity contribution in [3.05, 3.63) is 59.6 Å². The van der Waals surface area contributed by atoms with E-state index in [-0.39, 0.29) is 17.9 Å². The maximum absolute atomic E-state index is 13.4. The van der Waals surface area contributed by atoms with Gasteiger partial charge in [-0.25, -0.2) is 14.8 Å². The number of hydrogen-bond donors (Lipinski definition) is 4. The summed E-state index contributed by atoms with van der Waals surface area (Å²) < 4.78 is 4.82. The Kier molecular flexibility index (Phi) is 14.2. The van der Waals surface area contributed by atoms with Crippen LogP contribution in [0.2, 0.25) is 0 Å². The lowest BCUT2D eigenvalue weighted by Crippen LogP contribution is -2.41. The summed E-state index contributed by atoms with van der Waals surface area (Å²) in [4.78, 5) is 42.3. The summed E-state index contributed by atoms with van der Waals surface area (Å²) in [6.45, 7) is 8.80. The van der Waals surface area contributed by atoms with E-state index in [9.17, 15) is 9.59 Å². The van der Waals surface area contributed by atoms with Gasteiger partial charge in [0, 0.05) is 66.2 Å². The molecule has 1 fully saturated rings. The van der Waals surface area contributed by atoms with Gasteiger partial charge in [-0.05, 0) is 89.7 Å². The summed E-state index contributed by atoms with van der Waals surface area (Å²) in [5, 5.41) is 16.1. The van der Waals surface area contributed by atoms with Crippen molar-refractivity contribution in [1.29, 1.82) is 5.41 Å². The summed E-state index contributed by atoms with van der Waals surface area (Å²) in [6, 6.07) is 9.57. The SMILES string of the molecule is CCCCN(C)Cc1cc2cnc(NC(=O)C3=CC(NCCCCCCC4CCN(c5cccc(C(=O)OC)n5)CC4)C(C(C)=N)CC3)cc2[nH]1.